The minimum absolute atomic E-state index is 0.0297. The summed E-state index contributed by atoms with van der Waals surface area (Å²) in [6.07, 6.45) is 1.33. The van der Waals surface area contributed by atoms with E-state index in [1.165, 1.54) is 4.31 Å². The predicted molar refractivity (Wildman–Crippen MR) is 117 cm³/mol. The molecule has 1 aliphatic rings. The minimum Gasteiger partial charge on any atom is -0.341 e. The second kappa shape index (κ2) is 8.89. The Kier molecular flexibility index (Phi) is 6.22. The highest BCUT2D eigenvalue weighted by molar-refractivity contribution is 7.91. The van der Waals surface area contributed by atoms with Crippen molar-refractivity contribution in [2.24, 2.45) is 5.92 Å². The van der Waals surface area contributed by atoms with E-state index in [4.69, 9.17) is 4.52 Å². The Morgan fingerprint density at radius 1 is 1.32 bits per heavy atom. The zero-order valence-electron chi connectivity index (χ0n) is 17.4. The third kappa shape index (κ3) is 4.70. The van der Waals surface area contributed by atoms with Crippen LogP contribution in [0.1, 0.15) is 24.3 Å². The molecule has 3 heterocycles. The monoisotopic (exact) mass is 460 g/mol. The molecule has 10 heteroatoms. The lowest BCUT2D eigenvalue weighted by Gasteiger charge is -2.33. The average molecular weight is 461 g/mol. The standard InChI is InChI=1S/C21H24N4O4S2/c1-15-22-20(23-29-15)18-11-19(30-14-18)31(27,28)25-10-6-9-17(13-25)21(26)24(2)12-16-7-4-3-5-8-16/h3-5,7-8,11,14,17H,6,9-10,12-13H2,1-2H3. The largest absolute Gasteiger partial charge is 0.341 e. The summed E-state index contributed by atoms with van der Waals surface area (Å²) in [7, 11) is -1.93. The first kappa shape index (κ1) is 21.7. The summed E-state index contributed by atoms with van der Waals surface area (Å²) in [5.74, 6) is 0.404. The molecule has 1 aliphatic heterocycles. The van der Waals surface area contributed by atoms with Crippen molar-refractivity contribution in [3.05, 3.63) is 53.2 Å². The summed E-state index contributed by atoms with van der Waals surface area (Å²) in [4.78, 5) is 18.8. The average Bonchev–Trinajstić information content (AvgIpc) is 3.43. The third-order valence-corrected chi connectivity index (χ3v) is 8.61. The normalized spacial score (nSPS) is 17.5. The van der Waals surface area contributed by atoms with Crippen LogP contribution in [0, 0.1) is 12.8 Å². The van der Waals surface area contributed by atoms with Gasteiger partial charge in [-0.3, -0.25) is 4.79 Å². The number of aryl methyl sites for hydroxylation is 1. The van der Waals surface area contributed by atoms with E-state index in [9.17, 15) is 13.2 Å². The van der Waals surface area contributed by atoms with Gasteiger partial charge in [-0.15, -0.1) is 11.3 Å². The van der Waals surface area contributed by atoms with Crippen LogP contribution in [0.2, 0.25) is 0 Å². The molecule has 3 aromatic rings. The van der Waals surface area contributed by atoms with Gasteiger partial charge >= 0.3 is 0 Å². The summed E-state index contributed by atoms with van der Waals surface area (Å²) in [6.45, 7) is 2.78. The molecule has 0 saturated carbocycles. The van der Waals surface area contributed by atoms with Gasteiger partial charge < -0.3 is 9.42 Å². The molecule has 0 N–H and O–H groups in total. The minimum atomic E-state index is -3.70. The number of carbonyl (C=O) groups excluding carboxylic acids is 1. The summed E-state index contributed by atoms with van der Waals surface area (Å²) in [5.41, 5.74) is 1.65. The molecule has 1 unspecified atom stereocenters. The molecule has 0 aliphatic carbocycles. The van der Waals surface area contributed by atoms with Gasteiger partial charge in [0.15, 0.2) is 0 Å². The van der Waals surface area contributed by atoms with E-state index >= 15 is 0 Å². The topological polar surface area (TPSA) is 96.6 Å². The first-order chi connectivity index (χ1) is 14.8. The SMILES string of the molecule is Cc1nc(-c2csc(S(=O)(=O)N3CCCC(C(=O)N(C)Cc4ccccc4)C3)c2)no1. The van der Waals surface area contributed by atoms with E-state index in [1.54, 1.807) is 30.3 Å². The summed E-state index contributed by atoms with van der Waals surface area (Å²) in [5, 5.41) is 5.55. The maximum atomic E-state index is 13.2. The molecule has 1 atom stereocenters. The molecule has 1 amide bonds. The maximum Gasteiger partial charge on any atom is 0.252 e. The number of sulfonamides is 1. The Morgan fingerprint density at radius 3 is 2.81 bits per heavy atom. The molecule has 4 rings (SSSR count). The fourth-order valence-electron chi connectivity index (χ4n) is 3.72. The summed E-state index contributed by atoms with van der Waals surface area (Å²) < 4.78 is 33.0. The molecule has 0 radical (unpaired) electrons. The third-order valence-electron chi connectivity index (χ3n) is 5.33. The Balaban J connectivity index is 1.46. The second-order valence-corrected chi connectivity index (χ2v) is 10.7. The van der Waals surface area contributed by atoms with Crippen LogP contribution in [0.4, 0.5) is 0 Å². The molecule has 1 aromatic carbocycles. The first-order valence-electron chi connectivity index (χ1n) is 10.0. The van der Waals surface area contributed by atoms with Crippen molar-refractivity contribution in [1.82, 2.24) is 19.3 Å². The van der Waals surface area contributed by atoms with Crippen LogP contribution >= 0.6 is 11.3 Å². The number of aromatic nitrogens is 2. The van der Waals surface area contributed by atoms with Crippen LogP contribution < -0.4 is 0 Å². The van der Waals surface area contributed by atoms with Gasteiger partial charge in [0, 0.05) is 44.5 Å². The van der Waals surface area contributed by atoms with E-state index in [2.05, 4.69) is 10.1 Å². The predicted octanol–water partition coefficient (Wildman–Crippen LogP) is 3.17. The quantitative estimate of drug-likeness (QED) is 0.561. The summed E-state index contributed by atoms with van der Waals surface area (Å²) in [6, 6.07) is 11.3. The number of amides is 1. The Morgan fingerprint density at radius 2 is 2.10 bits per heavy atom. The van der Waals surface area contributed by atoms with Gasteiger partial charge in [-0.05, 0) is 24.5 Å². The lowest BCUT2D eigenvalue weighted by molar-refractivity contribution is -0.135. The fraction of sp³-hybridized carbons (Fsp3) is 0.381. The maximum absolute atomic E-state index is 13.2. The Bertz CT molecular complexity index is 1160. The second-order valence-electron chi connectivity index (χ2n) is 7.67. The smallest absolute Gasteiger partial charge is 0.252 e. The molecule has 2 aromatic heterocycles. The van der Waals surface area contributed by atoms with Crippen molar-refractivity contribution < 1.29 is 17.7 Å². The van der Waals surface area contributed by atoms with Crippen LogP contribution in [0.3, 0.4) is 0 Å². The molecule has 1 fully saturated rings. The van der Waals surface area contributed by atoms with Gasteiger partial charge in [0.1, 0.15) is 4.21 Å². The lowest BCUT2D eigenvalue weighted by atomic mass is 9.98. The molecule has 31 heavy (non-hydrogen) atoms. The number of hydrogen-bond donors (Lipinski definition) is 0. The van der Waals surface area contributed by atoms with Crippen molar-refractivity contribution in [3.63, 3.8) is 0 Å². The molecular formula is C21H24N4O4S2. The van der Waals surface area contributed by atoms with Gasteiger partial charge in [-0.1, -0.05) is 35.5 Å². The van der Waals surface area contributed by atoms with Gasteiger partial charge in [-0.25, -0.2) is 8.42 Å². The van der Waals surface area contributed by atoms with Gasteiger partial charge in [0.05, 0.1) is 5.92 Å². The zero-order valence-corrected chi connectivity index (χ0v) is 19.0. The Labute approximate surface area is 185 Å². The molecule has 164 valence electrons. The number of piperidine rings is 1. The first-order valence-corrected chi connectivity index (χ1v) is 12.3. The van der Waals surface area contributed by atoms with E-state index in [1.807, 2.05) is 30.3 Å². The highest BCUT2D eigenvalue weighted by atomic mass is 32.2. The number of thiophene rings is 1. The van der Waals surface area contributed by atoms with Crippen molar-refractivity contribution in [2.45, 2.75) is 30.5 Å². The number of benzene rings is 1. The van der Waals surface area contributed by atoms with E-state index in [0.29, 0.717) is 43.2 Å². The highest BCUT2D eigenvalue weighted by Crippen LogP contribution is 2.31. The van der Waals surface area contributed by atoms with Crippen LogP contribution in [-0.2, 0) is 21.4 Å². The molecular weight excluding hydrogens is 436 g/mol. The molecule has 1 saturated heterocycles. The molecule has 0 spiro atoms. The van der Waals surface area contributed by atoms with Crippen LogP contribution in [-0.4, -0.2) is 53.8 Å². The van der Waals surface area contributed by atoms with Gasteiger partial charge in [0.2, 0.25) is 17.6 Å². The van der Waals surface area contributed by atoms with Crippen LogP contribution in [0.5, 0.6) is 0 Å². The Hall–Kier alpha value is -2.56. The fourth-order valence-corrected chi connectivity index (χ4v) is 6.56. The van der Waals surface area contributed by atoms with Crippen molar-refractivity contribution in [3.8, 4) is 11.4 Å². The van der Waals surface area contributed by atoms with E-state index < -0.39 is 10.0 Å². The lowest BCUT2D eigenvalue weighted by Crippen LogP contribution is -2.45. The number of carbonyl (C=O) groups is 1. The molecule has 0 bridgehead atoms. The molecule has 8 nitrogen and oxygen atoms in total. The number of nitrogens with zero attached hydrogens (tertiary/aromatic N) is 4. The van der Waals surface area contributed by atoms with Crippen molar-refractivity contribution >= 4 is 27.3 Å². The van der Waals surface area contributed by atoms with E-state index in [-0.39, 0.29) is 22.6 Å². The van der Waals surface area contributed by atoms with Gasteiger partial charge in [-0.2, -0.15) is 9.29 Å². The number of rotatable bonds is 6. The highest BCUT2D eigenvalue weighted by Gasteiger charge is 2.35. The van der Waals surface area contributed by atoms with Crippen LogP contribution in [0.15, 0.2) is 50.5 Å². The van der Waals surface area contributed by atoms with Crippen LogP contribution in [0.25, 0.3) is 11.4 Å². The van der Waals surface area contributed by atoms with E-state index in [0.717, 1.165) is 16.9 Å². The summed E-state index contributed by atoms with van der Waals surface area (Å²) >= 11 is 1.13. The van der Waals surface area contributed by atoms with Crippen molar-refractivity contribution in [2.75, 3.05) is 20.1 Å². The zero-order chi connectivity index (χ0) is 22.0. The van der Waals surface area contributed by atoms with Crippen molar-refractivity contribution in [1.29, 1.82) is 0 Å². The van der Waals surface area contributed by atoms with Gasteiger partial charge in [0.25, 0.3) is 10.0 Å². The number of hydrogen-bond acceptors (Lipinski definition) is 7.